The van der Waals surface area contributed by atoms with Crippen molar-refractivity contribution in [1.29, 1.82) is 0 Å². The number of hydrogen-bond donors (Lipinski definition) is 0. The number of ether oxygens (including phenoxy) is 1. The lowest BCUT2D eigenvalue weighted by atomic mass is 10.00. The summed E-state index contributed by atoms with van der Waals surface area (Å²) in [5.41, 5.74) is 3.11. The predicted octanol–water partition coefficient (Wildman–Crippen LogP) is 3.59. The largest absolute Gasteiger partial charge is 0.494 e. The van der Waals surface area contributed by atoms with Crippen molar-refractivity contribution < 1.29 is 9.53 Å². The van der Waals surface area contributed by atoms with Gasteiger partial charge < -0.3 is 9.64 Å². The molecule has 0 saturated carbocycles. The maximum Gasteiger partial charge on any atom is 0.245 e. The van der Waals surface area contributed by atoms with Crippen LogP contribution in [0.5, 0.6) is 5.75 Å². The SMILES string of the molecule is CCOc1ccc(C2=CCC(Cl)C(=O)N2CC)c(C)c1. The molecule has 4 heteroatoms. The summed E-state index contributed by atoms with van der Waals surface area (Å²) in [4.78, 5) is 13.9. The molecule has 0 N–H and O–H groups in total. The lowest BCUT2D eigenvalue weighted by Crippen LogP contribution is -2.38. The first-order chi connectivity index (χ1) is 9.58. The van der Waals surface area contributed by atoms with Crippen LogP contribution in [0.1, 0.15) is 31.4 Å². The van der Waals surface area contributed by atoms with E-state index in [4.69, 9.17) is 16.3 Å². The van der Waals surface area contributed by atoms with Crippen LogP contribution < -0.4 is 4.74 Å². The fourth-order valence-corrected chi connectivity index (χ4v) is 2.68. The molecule has 1 atom stereocenters. The first-order valence-electron chi connectivity index (χ1n) is 6.97. The minimum atomic E-state index is -0.443. The van der Waals surface area contributed by atoms with Gasteiger partial charge in [-0.25, -0.2) is 0 Å². The van der Waals surface area contributed by atoms with Gasteiger partial charge in [0.1, 0.15) is 11.1 Å². The summed E-state index contributed by atoms with van der Waals surface area (Å²) in [7, 11) is 0. The Morgan fingerprint density at radius 1 is 1.40 bits per heavy atom. The third-order valence-corrected chi connectivity index (χ3v) is 3.81. The van der Waals surface area contributed by atoms with E-state index in [1.165, 1.54) is 0 Å². The second-order valence-electron chi connectivity index (χ2n) is 4.78. The van der Waals surface area contributed by atoms with Gasteiger partial charge in [0.2, 0.25) is 5.91 Å². The lowest BCUT2D eigenvalue weighted by molar-refractivity contribution is -0.127. The number of hydrogen-bond acceptors (Lipinski definition) is 2. The summed E-state index contributed by atoms with van der Waals surface area (Å²) in [6.45, 7) is 7.23. The van der Waals surface area contributed by atoms with Crippen molar-refractivity contribution in [1.82, 2.24) is 4.90 Å². The number of benzene rings is 1. The highest BCUT2D eigenvalue weighted by Crippen LogP contribution is 2.31. The van der Waals surface area contributed by atoms with Crippen molar-refractivity contribution in [2.45, 2.75) is 32.6 Å². The highest BCUT2D eigenvalue weighted by molar-refractivity contribution is 6.31. The van der Waals surface area contributed by atoms with E-state index in [1.54, 1.807) is 4.90 Å². The molecule has 1 aromatic rings. The molecule has 0 fully saturated rings. The minimum Gasteiger partial charge on any atom is -0.494 e. The van der Waals surface area contributed by atoms with Crippen LogP contribution in [0.3, 0.4) is 0 Å². The predicted molar refractivity (Wildman–Crippen MR) is 82.0 cm³/mol. The monoisotopic (exact) mass is 293 g/mol. The second kappa shape index (κ2) is 6.31. The van der Waals surface area contributed by atoms with Crippen molar-refractivity contribution in [3.63, 3.8) is 0 Å². The number of carbonyl (C=O) groups excluding carboxylic acids is 1. The number of allylic oxidation sites excluding steroid dienone is 1. The molecule has 0 bridgehead atoms. The zero-order chi connectivity index (χ0) is 14.7. The highest BCUT2D eigenvalue weighted by atomic mass is 35.5. The molecule has 1 heterocycles. The number of rotatable bonds is 4. The Morgan fingerprint density at radius 3 is 2.75 bits per heavy atom. The molecule has 1 aliphatic heterocycles. The van der Waals surface area contributed by atoms with Gasteiger partial charge in [-0.3, -0.25) is 4.79 Å². The Morgan fingerprint density at radius 2 is 2.15 bits per heavy atom. The molecule has 0 spiro atoms. The van der Waals surface area contributed by atoms with Crippen molar-refractivity contribution in [3.05, 3.63) is 35.4 Å². The van der Waals surface area contributed by atoms with Crippen LogP contribution in [-0.2, 0) is 4.79 Å². The van der Waals surface area contributed by atoms with Gasteiger partial charge in [-0.1, -0.05) is 6.08 Å². The van der Waals surface area contributed by atoms with E-state index in [-0.39, 0.29) is 5.91 Å². The maximum absolute atomic E-state index is 12.1. The zero-order valence-corrected chi connectivity index (χ0v) is 12.9. The van der Waals surface area contributed by atoms with E-state index in [0.717, 1.165) is 22.6 Å². The third kappa shape index (κ3) is 2.83. The van der Waals surface area contributed by atoms with Gasteiger partial charge in [-0.2, -0.15) is 0 Å². The summed E-state index contributed by atoms with van der Waals surface area (Å²) < 4.78 is 5.50. The number of amides is 1. The molecule has 3 nitrogen and oxygen atoms in total. The van der Waals surface area contributed by atoms with Crippen LogP contribution >= 0.6 is 11.6 Å². The van der Waals surface area contributed by atoms with E-state index in [0.29, 0.717) is 19.6 Å². The molecule has 1 amide bonds. The molecule has 1 aromatic carbocycles. The Hall–Kier alpha value is -1.48. The Kier molecular flexibility index (Phi) is 4.71. The summed E-state index contributed by atoms with van der Waals surface area (Å²) in [6, 6.07) is 5.96. The summed E-state index contributed by atoms with van der Waals surface area (Å²) in [5, 5.41) is -0.443. The minimum absolute atomic E-state index is 0.0139. The molecule has 108 valence electrons. The standard InChI is InChI=1S/C16H20ClNO2/c1-4-18-15(9-8-14(17)16(18)19)13-7-6-12(20-5-2)10-11(13)3/h6-7,9-10,14H,4-5,8H2,1-3H3. The first-order valence-corrected chi connectivity index (χ1v) is 7.41. The van der Waals surface area contributed by atoms with E-state index in [1.807, 2.05) is 45.0 Å². The van der Waals surface area contributed by atoms with E-state index in [2.05, 4.69) is 0 Å². The molecule has 1 aliphatic rings. The maximum atomic E-state index is 12.1. The second-order valence-corrected chi connectivity index (χ2v) is 5.31. The van der Waals surface area contributed by atoms with Crippen LogP contribution in [0, 0.1) is 6.92 Å². The van der Waals surface area contributed by atoms with Gasteiger partial charge in [-0.05, 0) is 51.0 Å². The van der Waals surface area contributed by atoms with Gasteiger partial charge >= 0.3 is 0 Å². The zero-order valence-electron chi connectivity index (χ0n) is 12.1. The third-order valence-electron chi connectivity index (χ3n) is 3.44. The smallest absolute Gasteiger partial charge is 0.245 e. The van der Waals surface area contributed by atoms with Crippen molar-refractivity contribution in [2.75, 3.05) is 13.2 Å². The van der Waals surface area contributed by atoms with Crippen LogP contribution in [0.15, 0.2) is 24.3 Å². The lowest BCUT2D eigenvalue weighted by Gasteiger charge is -2.31. The molecular formula is C16H20ClNO2. The molecular weight excluding hydrogens is 274 g/mol. The quantitative estimate of drug-likeness (QED) is 0.794. The molecule has 20 heavy (non-hydrogen) atoms. The van der Waals surface area contributed by atoms with E-state index < -0.39 is 5.38 Å². The van der Waals surface area contributed by atoms with Crippen LogP contribution in [0.2, 0.25) is 0 Å². The molecule has 0 aliphatic carbocycles. The van der Waals surface area contributed by atoms with Crippen molar-refractivity contribution in [2.24, 2.45) is 0 Å². The number of halogens is 1. The fourth-order valence-electron chi connectivity index (χ4n) is 2.48. The van der Waals surface area contributed by atoms with Gasteiger partial charge in [0.25, 0.3) is 0 Å². The topological polar surface area (TPSA) is 29.5 Å². The number of alkyl halides is 1. The molecule has 0 radical (unpaired) electrons. The highest BCUT2D eigenvalue weighted by Gasteiger charge is 2.29. The molecule has 0 saturated heterocycles. The van der Waals surface area contributed by atoms with Gasteiger partial charge in [-0.15, -0.1) is 11.6 Å². The Bertz CT molecular complexity index is 539. The number of nitrogens with zero attached hydrogens (tertiary/aromatic N) is 1. The average molecular weight is 294 g/mol. The summed E-state index contributed by atoms with van der Waals surface area (Å²) in [5.74, 6) is 0.842. The van der Waals surface area contributed by atoms with E-state index >= 15 is 0 Å². The number of carbonyl (C=O) groups is 1. The summed E-state index contributed by atoms with van der Waals surface area (Å²) in [6.07, 6.45) is 2.63. The van der Waals surface area contributed by atoms with E-state index in [9.17, 15) is 4.79 Å². The molecule has 1 unspecified atom stereocenters. The van der Waals surface area contributed by atoms with Gasteiger partial charge in [0.05, 0.1) is 6.61 Å². The van der Waals surface area contributed by atoms with Crippen LogP contribution in [0.25, 0.3) is 5.70 Å². The van der Waals surface area contributed by atoms with Gasteiger partial charge in [0, 0.05) is 17.8 Å². The van der Waals surface area contributed by atoms with Crippen molar-refractivity contribution in [3.8, 4) is 5.75 Å². The average Bonchev–Trinajstić information content (AvgIpc) is 2.43. The molecule has 2 rings (SSSR count). The van der Waals surface area contributed by atoms with Crippen LogP contribution in [-0.4, -0.2) is 29.3 Å². The van der Waals surface area contributed by atoms with Crippen molar-refractivity contribution >= 4 is 23.2 Å². The molecule has 0 aromatic heterocycles. The number of aryl methyl sites for hydroxylation is 1. The Balaban J connectivity index is 2.37. The normalized spacial score (nSPS) is 19.0. The Labute approximate surface area is 125 Å². The first kappa shape index (κ1) is 14.9. The van der Waals surface area contributed by atoms with Gasteiger partial charge in [0.15, 0.2) is 0 Å². The fraction of sp³-hybridized carbons (Fsp3) is 0.438. The van der Waals surface area contributed by atoms with Crippen LogP contribution in [0.4, 0.5) is 0 Å². The summed E-state index contributed by atoms with van der Waals surface area (Å²) >= 11 is 6.04.